The lowest BCUT2D eigenvalue weighted by molar-refractivity contribution is -0.137. The number of aromatic nitrogens is 3. The normalized spacial score (nSPS) is 17.3. The number of aliphatic hydroxyl groups is 1. The topological polar surface area (TPSA) is 89.4 Å². The van der Waals surface area contributed by atoms with Gasteiger partial charge in [0.25, 0.3) is 0 Å². The molecule has 2 aromatic heterocycles. The third-order valence-corrected chi connectivity index (χ3v) is 6.47. The summed E-state index contributed by atoms with van der Waals surface area (Å²) in [7, 11) is 1.56. The summed E-state index contributed by atoms with van der Waals surface area (Å²) in [4.78, 5) is 4.20. The largest absolute Gasteiger partial charge is 0.497 e. The van der Waals surface area contributed by atoms with Gasteiger partial charge in [0.05, 0.1) is 18.8 Å². The summed E-state index contributed by atoms with van der Waals surface area (Å²) in [5.41, 5.74) is 0.727. The number of aliphatic hydroxyl groups excluding tert-OH is 1. The van der Waals surface area contributed by atoms with Crippen molar-refractivity contribution >= 4 is 16.6 Å². The van der Waals surface area contributed by atoms with Crippen LogP contribution >= 0.6 is 0 Å². The molecule has 0 spiro atoms. The molecular formula is C27H25F3N4O3. The second kappa shape index (κ2) is 10.2. The highest BCUT2D eigenvalue weighted by atomic mass is 19.4. The van der Waals surface area contributed by atoms with Gasteiger partial charge in [-0.25, -0.2) is 0 Å². The number of nitrogens with one attached hydrogen (secondary N) is 1. The molecule has 1 aliphatic rings. The van der Waals surface area contributed by atoms with Crippen molar-refractivity contribution in [3.63, 3.8) is 0 Å². The van der Waals surface area contributed by atoms with E-state index in [-0.39, 0.29) is 18.5 Å². The van der Waals surface area contributed by atoms with Crippen LogP contribution in [0.1, 0.15) is 24.0 Å². The van der Waals surface area contributed by atoms with Gasteiger partial charge >= 0.3 is 6.18 Å². The van der Waals surface area contributed by atoms with Crippen molar-refractivity contribution in [2.24, 2.45) is 5.92 Å². The Morgan fingerprint density at radius 2 is 1.81 bits per heavy atom. The third-order valence-electron chi connectivity index (χ3n) is 6.47. The van der Waals surface area contributed by atoms with Crippen LogP contribution in [0.3, 0.4) is 0 Å². The average Bonchev–Trinajstić information content (AvgIpc) is 2.89. The number of halogens is 3. The first-order valence-electron chi connectivity index (χ1n) is 11.8. The van der Waals surface area contributed by atoms with Crippen molar-refractivity contribution in [1.29, 1.82) is 0 Å². The van der Waals surface area contributed by atoms with Gasteiger partial charge in [0, 0.05) is 35.3 Å². The molecule has 10 heteroatoms. The van der Waals surface area contributed by atoms with E-state index in [1.165, 1.54) is 6.07 Å². The zero-order valence-corrected chi connectivity index (χ0v) is 20.0. The maximum atomic E-state index is 13.5. The molecule has 0 amide bonds. The van der Waals surface area contributed by atoms with E-state index >= 15 is 0 Å². The number of fused-ring (bicyclic) bond motifs is 1. The Kier molecular flexibility index (Phi) is 6.84. The summed E-state index contributed by atoms with van der Waals surface area (Å²) < 4.78 is 51.7. The van der Waals surface area contributed by atoms with Crippen molar-refractivity contribution < 1.29 is 27.8 Å². The van der Waals surface area contributed by atoms with Gasteiger partial charge in [0.2, 0.25) is 0 Å². The molecule has 0 saturated heterocycles. The Bertz CT molecular complexity index is 1390. The van der Waals surface area contributed by atoms with Crippen molar-refractivity contribution in [1.82, 2.24) is 15.2 Å². The molecule has 5 rings (SSSR count). The zero-order valence-electron chi connectivity index (χ0n) is 20.0. The minimum absolute atomic E-state index is 0.0437. The van der Waals surface area contributed by atoms with E-state index in [9.17, 15) is 18.3 Å². The Hall–Kier alpha value is -3.92. The second-order valence-corrected chi connectivity index (χ2v) is 9.04. The molecule has 2 heterocycles. The van der Waals surface area contributed by atoms with Gasteiger partial charge in [-0.1, -0.05) is 12.1 Å². The number of anilines is 1. The molecule has 0 bridgehead atoms. The van der Waals surface area contributed by atoms with Gasteiger partial charge < -0.3 is 19.9 Å². The van der Waals surface area contributed by atoms with Crippen LogP contribution in [-0.4, -0.2) is 40.0 Å². The number of pyridine rings is 1. The highest BCUT2D eigenvalue weighted by Crippen LogP contribution is 2.39. The number of rotatable bonds is 8. The number of benzene rings is 2. The first-order chi connectivity index (χ1) is 17.8. The molecule has 0 unspecified atom stereocenters. The molecule has 1 aliphatic carbocycles. The van der Waals surface area contributed by atoms with Crippen LogP contribution in [0.4, 0.5) is 19.0 Å². The summed E-state index contributed by atoms with van der Waals surface area (Å²) in [6.45, 7) is 0.684. The first kappa shape index (κ1) is 24.8. The van der Waals surface area contributed by atoms with Gasteiger partial charge in [-0.05, 0) is 60.7 Å². The molecule has 2 aromatic carbocycles. The standard InChI is InChI=1S/C27H25F3N4O3/c1-36-20-5-2-16(3-6-20)15-37-24-12-18(27(28,29)30)4-7-22(24)25-21-8-9-31-14-23(21)26(34-33-25)32-13-17-10-19(35)11-17/h2-9,12,14,17,19,35H,10-11,13,15H2,1H3,(H,32,34)/t17-,19-. The summed E-state index contributed by atoms with van der Waals surface area (Å²) in [6.07, 6.45) is -0.0778. The van der Waals surface area contributed by atoms with E-state index in [1.54, 1.807) is 49.8 Å². The van der Waals surface area contributed by atoms with Crippen molar-refractivity contribution in [2.45, 2.75) is 31.7 Å². The van der Waals surface area contributed by atoms with E-state index in [0.29, 0.717) is 46.1 Å². The molecule has 4 aromatic rings. The second-order valence-electron chi connectivity index (χ2n) is 9.04. The number of hydrogen-bond donors (Lipinski definition) is 2. The molecule has 1 saturated carbocycles. The van der Waals surface area contributed by atoms with Crippen LogP contribution in [0.2, 0.25) is 0 Å². The van der Waals surface area contributed by atoms with Crippen LogP contribution in [0.5, 0.6) is 11.5 Å². The molecule has 2 N–H and O–H groups in total. The van der Waals surface area contributed by atoms with E-state index in [0.717, 1.165) is 30.5 Å². The lowest BCUT2D eigenvalue weighted by Gasteiger charge is -2.31. The van der Waals surface area contributed by atoms with Gasteiger partial charge in [-0.3, -0.25) is 4.98 Å². The minimum atomic E-state index is -4.53. The summed E-state index contributed by atoms with van der Waals surface area (Å²) in [5, 5.41) is 22.9. The van der Waals surface area contributed by atoms with Crippen molar-refractivity contribution in [3.8, 4) is 22.8 Å². The third kappa shape index (κ3) is 5.43. The SMILES string of the molecule is COc1ccc(COc2cc(C(F)(F)F)ccc2-c2nnc(NC[C@H]3C[C@H](O)C3)c3cnccc23)cc1. The quantitative estimate of drug-likeness (QED) is 0.324. The van der Waals surface area contributed by atoms with Crippen molar-refractivity contribution in [2.75, 3.05) is 19.0 Å². The molecule has 192 valence electrons. The smallest absolute Gasteiger partial charge is 0.416 e. The van der Waals surface area contributed by atoms with Gasteiger partial charge in [-0.2, -0.15) is 13.2 Å². The Morgan fingerprint density at radius 1 is 1.03 bits per heavy atom. The van der Waals surface area contributed by atoms with E-state index in [1.807, 2.05) is 0 Å². The zero-order chi connectivity index (χ0) is 26.0. The highest BCUT2D eigenvalue weighted by molar-refractivity contribution is 6.00. The number of alkyl halides is 3. The molecular weight excluding hydrogens is 485 g/mol. The predicted octanol–water partition coefficient (Wildman–Crippen LogP) is 5.48. The molecule has 0 atom stereocenters. The molecule has 0 aliphatic heterocycles. The van der Waals surface area contributed by atoms with Gasteiger partial charge in [0.15, 0.2) is 5.82 Å². The first-order valence-corrected chi connectivity index (χ1v) is 11.8. The monoisotopic (exact) mass is 510 g/mol. The number of ether oxygens (including phenoxy) is 2. The fraction of sp³-hybridized carbons (Fsp3) is 0.296. The predicted molar refractivity (Wildman–Crippen MR) is 132 cm³/mol. The summed E-state index contributed by atoms with van der Waals surface area (Å²) in [5.74, 6) is 1.58. The number of hydrogen-bond acceptors (Lipinski definition) is 7. The molecule has 37 heavy (non-hydrogen) atoms. The maximum Gasteiger partial charge on any atom is 0.416 e. The maximum absolute atomic E-state index is 13.5. The van der Waals surface area contributed by atoms with Gasteiger partial charge in [0.1, 0.15) is 23.8 Å². The van der Waals surface area contributed by atoms with Crippen LogP contribution in [0, 0.1) is 5.92 Å². The molecule has 1 fully saturated rings. The Morgan fingerprint density at radius 3 is 2.51 bits per heavy atom. The van der Waals surface area contributed by atoms with Crippen LogP contribution in [-0.2, 0) is 12.8 Å². The van der Waals surface area contributed by atoms with Crippen LogP contribution < -0.4 is 14.8 Å². The lowest BCUT2D eigenvalue weighted by Crippen LogP contribution is -2.33. The summed E-state index contributed by atoms with van der Waals surface area (Å²) >= 11 is 0. The fourth-order valence-corrected chi connectivity index (χ4v) is 4.33. The average molecular weight is 511 g/mol. The molecule has 7 nitrogen and oxygen atoms in total. The van der Waals surface area contributed by atoms with E-state index in [2.05, 4.69) is 20.5 Å². The summed E-state index contributed by atoms with van der Waals surface area (Å²) in [6, 6.07) is 12.2. The van der Waals surface area contributed by atoms with E-state index < -0.39 is 11.7 Å². The van der Waals surface area contributed by atoms with Gasteiger partial charge in [-0.15, -0.1) is 10.2 Å². The minimum Gasteiger partial charge on any atom is -0.497 e. The highest BCUT2D eigenvalue weighted by Gasteiger charge is 2.32. The van der Waals surface area contributed by atoms with Crippen LogP contribution in [0.25, 0.3) is 22.0 Å². The molecule has 0 radical (unpaired) electrons. The number of methoxy groups -OCH3 is 1. The number of nitrogens with zero attached hydrogens (tertiary/aromatic N) is 3. The Labute approximate surface area is 211 Å². The van der Waals surface area contributed by atoms with Crippen molar-refractivity contribution in [3.05, 3.63) is 72.1 Å². The van der Waals surface area contributed by atoms with E-state index in [4.69, 9.17) is 9.47 Å². The van der Waals surface area contributed by atoms with Crippen LogP contribution in [0.15, 0.2) is 60.9 Å². The lowest BCUT2D eigenvalue weighted by atomic mass is 9.82. The fourth-order valence-electron chi connectivity index (χ4n) is 4.33. The Balaban J connectivity index is 1.49.